The molecule has 5 rings (SSSR count). The van der Waals surface area contributed by atoms with E-state index in [1.807, 2.05) is 0 Å². The minimum absolute atomic E-state index is 0.0258. The summed E-state index contributed by atoms with van der Waals surface area (Å²) in [6, 6.07) is 10.6. The molecule has 5 aromatic rings. The van der Waals surface area contributed by atoms with Crippen LogP contribution in [0.2, 0.25) is 0 Å². The van der Waals surface area contributed by atoms with Crippen molar-refractivity contribution in [1.82, 2.24) is 24.5 Å². The zero-order valence-electron chi connectivity index (χ0n) is 17.3. The van der Waals surface area contributed by atoms with Gasteiger partial charge in [-0.05, 0) is 24.3 Å². The molecule has 0 unspecified atom stereocenters. The Morgan fingerprint density at radius 2 is 1.76 bits per heavy atom. The summed E-state index contributed by atoms with van der Waals surface area (Å²) in [5.41, 5.74) is 8.56. The van der Waals surface area contributed by atoms with Gasteiger partial charge in [0.15, 0.2) is 11.8 Å². The Morgan fingerprint density at radius 1 is 1.03 bits per heavy atom. The van der Waals surface area contributed by atoms with Crippen LogP contribution in [0.5, 0.6) is 17.5 Å². The summed E-state index contributed by atoms with van der Waals surface area (Å²) in [4.78, 5) is 15.4. The quantitative estimate of drug-likeness (QED) is 0.165. The lowest BCUT2D eigenvalue weighted by atomic mass is 10.2. The number of aromatic amines is 2. The van der Waals surface area contributed by atoms with Gasteiger partial charge in [0, 0.05) is 23.8 Å². The smallest absolute Gasteiger partial charge is 0.193 e. The van der Waals surface area contributed by atoms with Gasteiger partial charge in [-0.2, -0.15) is 0 Å². The number of nitrogens with two attached hydrogens (primary N) is 1. The number of halogens is 1. The van der Waals surface area contributed by atoms with E-state index >= 15 is 0 Å². The zero-order valence-corrected chi connectivity index (χ0v) is 17.3. The number of ether oxygens (including phenoxy) is 1. The molecule has 168 valence electrons. The number of hydrogen-bond donors (Lipinski definition) is 6. The van der Waals surface area contributed by atoms with Gasteiger partial charge in [-0.25, -0.2) is 14.4 Å². The van der Waals surface area contributed by atoms with Gasteiger partial charge in [0.2, 0.25) is 0 Å². The van der Waals surface area contributed by atoms with Crippen LogP contribution in [-0.2, 0) is 13.0 Å². The van der Waals surface area contributed by atoms with Crippen LogP contribution in [0.4, 0.5) is 4.39 Å². The molecule has 0 radical (unpaired) electrons. The lowest BCUT2D eigenvalue weighted by Gasteiger charge is -2.09. The Bertz CT molecular complexity index is 1480. The average molecular weight is 449 g/mol. The Balaban J connectivity index is 1.38. The van der Waals surface area contributed by atoms with Crippen molar-refractivity contribution in [1.29, 1.82) is 5.41 Å². The van der Waals surface area contributed by atoms with Crippen molar-refractivity contribution in [2.24, 2.45) is 5.73 Å². The third kappa shape index (κ3) is 3.91. The molecular formula is C22H20FN7O3. The van der Waals surface area contributed by atoms with Gasteiger partial charge in [-0.15, -0.1) is 0 Å². The Hall–Kier alpha value is -4.54. The first-order valence-electron chi connectivity index (χ1n) is 10.1. The molecule has 0 bridgehead atoms. The molecule has 0 aliphatic carbocycles. The third-order valence-electron chi connectivity index (χ3n) is 5.25. The number of rotatable bonds is 7. The van der Waals surface area contributed by atoms with Crippen molar-refractivity contribution >= 4 is 27.9 Å². The van der Waals surface area contributed by atoms with E-state index in [9.17, 15) is 14.6 Å². The number of benzene rings is 2. The van der Waals surface area contributed by atoms with Crippen LogP contribution in [0.1, 0.15) is 17.2 Å². The van der Waals surface area contributed by atoms with Crippen LogP contribution >= 0.6 is 0 Å². The number of fused-ring (bicyclic) bond motifs is 2. The summed E-state index contributed by atoms with van der Waals surface area (Å²) >= 11 is 0. The molecule has 3 heterocycles. The normalized spacial score (nSPS) is 11.4. The highest BCUT2D eigenvalue weighted by Gasteiger charge is 2.14. The molecule has 0 atom stereocenters. The monoisotopic (exact) mass is 449 g/mol. The molecule has 0 saturated heterocycles. The summed E-state index contributed by atoms with van der Waals surface area (Å²) < 4.78 is 21.1. The van der Waals surface area contributed by atoms with Crippen molar-refractivity contribution < 1.29 is 19.3 Å². The van der Waals surface area contributed by atoms with Crippen LogP contribution in [0.15, 0.2) is 42.5 Å². The van der Waals surface area contributed by atoms with Crippen molar-refractivity contribution in [2.75, 3.05) is 6.61 Å². The molecule has 3 aromatic heterocycles. The summed E-state index contributed by atoms with van der Waals surface area (Å²) in [5.74, 6) is 0.752. The van der Waals surface area contributed by atoms with Gasteiger partial charge in [-0.3, -0.25) is 9.98 Å². The van der Waals surface area contributed by atoms with Crippen LogP contribution in [-0.4, -0.2) is 47.2 Å². The topological polar surface area (TPSA) is 162 Å². The minimum atomic E-state index is -0.486. The standard InChI is InChI=1S/C22H20FN7O3/c23-12-8-15-21(16(9-12)33-6-5-30-19(31)3-4-20(30)32)29-18(28-15)10-17-26-13-2-1-11(22(24)25)7-14(13)27-17/h1-4,7-9,31-32H,5-6,10H2,(H3,24,25)(H,26,27)(H,28,29). The fraction of sp³-hybridized carbons (Fsp3) is 0.136. The molecule has 0 saturated carbocycles. The number of nitrogens with one attached hydrogen (secondary N) is 3. The van der Waals surface area contributed by atoms with Gasteiger partial charge >= 0.3 is 0 Å². The number of imidazole rings is 2. The van der Waals surface area contributed by atoms with Crippen LogP contribution in [0.25, 0.3) is 22.1 Å². The molecule has 0 aliphatic heterocycles. The summed E-state index contributed by atoms with van der Waals surface area (Å²) in [6.07, 6.45) is 0.338. The Kier molecular flexibility index (Phi) is 4.85. The van der Waals surface area contributed by atoms with Crippen molar-refractivity contribution in [3.63, 3.8) is 0 Å². The minimum Gasteiger partial charge on any atom is -0.494 e. The van der Waals surface area contributed by atoms with E-state index in [-0.39, 0.29) is 36.5 Å². The predicted molar refractivity (Wildman–Crippen MR) is 119 cm³/mol. The number of nitrogens with zero attached hydrogens (tertiary/aromatic N) is 3. The van der Waals surface area contributed by atoms with Crippen molar-refractivity contribution in [2.45, 2.75) is 13.0 Å². The van der Waals surface area contributed by atoms with E-state index in [1.165, 1.54) is 28.8 Å². The number of aromatic nitrogens is 5. The van der Waals surface area contributed by atoms with E-state index in [0.717, 1.165) is 11.0 Å². The van der Waals surface area contributed by atoms with Gasteiger partial charge in [0.05, 0.1) is 29.5 Å². The maximum atomic E-state index is 14.1. The van der Waals surface area contributed by atoms with E-state index < -0.39 is 5.82 Å². The first-order chi connectivity index (χ1) is 15.9. The highest BCUT2D eigenvalue weighted by Crippen LogP contribution is 2.27. The van der Waals surface area contributed by atoms with Gasteiger partial charge < -0.3 is 30.7 Å². The SMILES string of the molecule is N=C(N)c1ccc2nc(Cc3nc4c(OCCn5c(O)ccc5O)cc(F)cc4[nH]3)[nH]c2c1. The van der Waals surface area contributed by atoms with Crippen LogP contribution in [0.3, 0.4) is 0 Å². The second-order valence-corrected chi connectivity index (χ2v) is 7.54. The highest BCUT2D eigenvalue weighted by atomic mass is 19.1. The molecule has 33 heavy (non-hydrogen) atoms. The Morgan fingerprint density at radius 3 is 2.52 bits per heavy atom. The van der Waals surface area contributed by atoms with Crippen molar-refractivity contribution in [3.8, 4) is 17.5 Å². The number of H-pyrrole nitrogens is 2. The van der Waals surface area contributed by atoms with E-state index in [4.69, 9.17) is 15.9 Å². The highest BCUT2D eigenvalue weighted by molar-refractivity contribution is 5.97. The zero-order chi connectivity index (χ0) is 23.1. The fourth-order valence-electron chi connectivity index (χ4n) is 3.69. The summed E-state index contributed by atoms with van der Waals surface area (Å²) in [7, 11) is 0. The molecule has 10 nitrogen and oxygen atoms in total. The molecule has 0 aliphatic rings. The van der Waals surface area contributed by atoms with Crippen LogP contribution < -0.4 is 10.5 Å². The molecule has 0 spiro atoms. The number of amidine groups is 1. The maximum Gasteiger partial charge on any atom is 0.193 e. The molecular weight excluding hydrogens is 429 g/mol. The Labute approximate surface area is 186 Å². The molecule has 11 heteroatoms. The second-order valence-electron chi connectivity index (χ2n) is 7.54. The lowest BCUT2D eigenvalue weighted by Crippen LogP contribution is -2.10. The fourth-order valence-corrected chi connectivity index (χ4v) is 3.69. The molecule has 7 N–H and O–H groups in total. The van der Waals surface area contributed by atoms with Crippen LogP contribution in [0, 0.1) is 11.2 Å². The van der Waals surface area contributed by atoms with E-state index in [2.05, 4.69) is 19.9 Å². The average Bonchev–Trinajstić information content (AvgIpc) is 3.45. The lowest BCUT2D eigenvalue weighted by molar-refractivity contribution is 0.276. The third-order valence-corrected chi connectivity index (χ3v) is 5.25. The van der Waals surface area contributed by atoms with Gasteiger partial charge in [0.1, 0.15) is 41.2 Å². The maximum absolute atomic E-state index is 14.1. The number of hydrogen-bond acceptors (Lipinski definition) is 6. The van der Waals surface area contributed by atoms with Gasteiger partial charge in [0.25, 0.3) is 0 Å². The molecule has 2 aromatic carbocycles. The first kappa shape index (κ1) is 20.4. The van der Waals surface area contributed by atoms with Crippen molar-refractivity contribution in [3.05, 3.63) is 65.5 Å². The summed E-state index contributed by atoms with van der Waals surface area (Å²) in [5, 5.41) is 27.0. The first-order valence-corrected chi connectivity index (χ1v) is 10.1. The second kappa shape index (κ2) is 7.86. The molecule has 0 amide bonds. The number of nitrogen functional groups attached to an aromatic ring is 1. The molecule has 0 fully saturated rings. The number of aromatic hydroxyl groups is 2. The largest absolute Gasteiger partial charge is 0.494 e. The van der Waals surface area contributed by atoms with E-state index in [1.54, 1.807) is 18.2 Å². The van der Waals surface area contributed by atoms with Gasteiger partial charge in [-0.1, -0.05) is 0 Å². The summed E-state index contributed by atoms with van der Waals surface area (Å²) in [6.45, 7) is 0.250. The predicted octanol–water partition coefficient (Wildman–Crippen LogP) is 2.74. The van der Waals surface area contributed by atoms with E-state index in [0.29, 0.717) is 34.7 Å².